The van der Waals surface area contributed by atoms with Crippen molar-refractivity contribution in [2.75, 3.05) is 11.9 Å². The number of benzene rings is 1. The van der Waals surface area contributed by atoms with Crippen LogP contribution in [0.4, 0.5) is 5.69 Å². The second kappa shape index (κ2) is 7.67. The number of thiophene rings is 1. The van der Waals surface area contributed by atoms with Crippen molar-refractivity contribution in [1.82, 2.24) is 20.2 Å². The van der Waals surface area contributed by atoms with Crippen LogP contribution in [0.5, 0.6) is 0 Å². The molecule has 0 fully saturated rings. The molecule has 25 heavy (non-hydrogen) atoms. The van der Waals surface area contributed by atoms with E-state index in [0.29, 0.717) is 11.5 Å². The zero-order valence-electron chi connectivity index (χ0n) is 13.4. The van der Waals surface area contributed by atoms with Gasteiger partial charge in [-0.05, 0) is 41.3 Å². The molecule has 1 aromatic carbocycles. The molecule has 1 N–H and O–H groups in total. The Morgan fingerprint density at radius 1 is 1.32 bits per heavy atom. The van der Waals surface area contributed by atoms with Gasteiger partial charge in [-0.2, -0.15) is 16.1 Å². The maximum Gasteiger partial charge on any atom is 0.330 e. The summed E-state index contributed by atoms with van der Waals surface area (Å²) in [6.07, 6.45) is 0. The summed E-state index contributed by atoms with van der Waals surface area (Å²) < 4.78 is 4.93. The van der Waals surface area contributed by atoms with E-state index in [9.17, 15) is 9.59 Å². The first-order chi connectivity index (χ1) is 12.1. The number of nitrogens with zero attached hydrogens (tertiary/aromatic N) is 4. The summed E-state index contributed by atoms with van der Waals surface area (Å²) in [6.45, 7) is 1.33. The normalized spacial score (nSPS) is 10.4. The van der Waals surface area contributed by atoms with Gasteiger partial charge in [-0.1, -0.05) is 12.1 Å². The van der Waals surface area contributed by atoms with Gasteiger partial charge in [-0.25, -0.2) is 4.79 Å². The Morgan fingerprint density at radius 3 is 2.96 bits per heavy atom. The molecule has 128 valence electrons. The van der Waals surface area contributed by atoms with Crippen molar-refractivity contribution in [3.05, 3.63) is 46.7 Å². The molecule has 0 atom stereocenters. The van der Waals surface area contributed by atoms with E-state index in [-0.39, 0.29) is 13.2 Å². The van der Waals surface area contributed by atoms with E-state index in [1.165, 1.54) is 11.3 Å². The average molecular weight is 357 g/mol. The zero-order valence-corrected chi connectivity index (χ0v) is 14.2. The minimum Gasteiger partial charge on any atom is -0.454 e. The summed E-state index contributed by atoms with van der Waals surface area (Å²) >= 11 is 1.52. The lowest BCUT2D eigenvalue weighted by atomic mass is 10.2. The van der Waals surface area contributed by atoms with Crippen LogP contribution in [0.25, 0.3) is 11.4 Å². The molecule has 0 radical (unpaired) electrons. The minimum absolute atomic E-state index is 0.213. The fourth-order valence-electron chi connectivity index (χ4n) is 2.04. The van der Waals surface area contributed by atoms with Crippen LogP contribution in [-0.2, 0) is 20.9 Å². The Labute approximate surface area is 147 Å². The van der Waals surface area contributed by atoms with Crippen molar-refractivity contribution in [3.63, 3.8) is 0 Å². The van der Waals surface area contributed by atoms with Crippen LogP contribution >= 0.6 is 11.3 Å². The summed E-state index contributed by atoms with van der Waals surface area (Å²) in [7, 11) is 0. The Kier molecular flexibility index (Phi) is 5.14. The van der Waals surface area contributed by atoms with E-state index < -0.39 is 11.9 Å². The van der Waals surface area contributed by atoms with Crippen molar-refractivity contribution in [1.29, 1.82) is 0 Å². The highest BCUT2D eigenvalue weighted by atomic mass is 32.1. The van der Waals surface area contributed by atoms with Gasteiger partial charge < -0.3 is 10.1 Å². The van der Waals surface area contributed by atoms with Crippen LogP contribution < -0.4 is 5.32 Å². The van der Waals surface area contributed by atoms with Gasteiger partial charge in [0, 0.05) is 16.6 Å². The summed E-state index contributed by atoms with van der Waals surface area (Å²) in [5.41, 5.74) is 2.51. The van der Waals surface area contributed by atoms with E-state index in [1.54, 1.807) is 6.07 Å². The number of anilines is 1. The van der Waals surface area contributed by atoms with Crippen molar-refractivity contribution in [2.45, 2.75) is 13.5 Å². The Balaban J connectivity index is 1.47. The van der Waals surface area contributed by atoms with Crippen molar-refractivity contribution in [2.24, 2.45) is 0 Å². The maximum absolute atomic E-state index is 11.8. The van der Waals surface area contributed by atoms with Crippen LogP contribution in [0, 0.1) is 6.92 Å². The van der Waals surface area contributed by atoms with Crippen molar-refractivity contribution >= 4 is 28.9 Å². The van der Waals surface area contributed by atoms with Gasteiger partial charge in [0.05, 0.1) is 0 Å². The van der Waals surface area contributed by atoms with Gasteiger partial charge in [-0.15, -0.1) is 10.2 Å². The lowest BCUT2D eigenvalue weighted by molar-refractivity contribution is -0.148. The number of carbonyl (C=O) groups excluding carboxylic acids is 2. The molecule has 0 saturated heterocycles. The largest absolute Gasteiger partial charge is 0.454 e. The predicted molar refractivity (Wildman–Crippen MR) is 91.9 cm³/mol. The summed E-state index contributed by atoms with van der Waals surface area (Å²) in [5, 5.41) is 18.2. The molecule has 2 heterocycles. The number of amides is 1. The number of esters is 1. The van der Waals surface area contributed by atoms with E-state index in [0.717, 1.165) is 15.9 Å². The van der Waals surface area contributed by atoms with Crippen LogP contribution in [-0.4, -0.2) is 38.7 Å². The second-order valence-corrected chi connectivity index (χ2v) is 6.01. The van der Waals surface area contributed by atoms with Crippen LogP contribution in [0.2, 0.25) is 0 Å². The molecule has 8 nitrogen and oxygen atoms in total. The molecule has 0 aliphatic carbocycles. The molecule has 3 aromatic rings. The summed E-state index contributed by atoms with van der Waals surface area (Å²) in [6, 6.07) is 9.20. The Morgan fingerprint density at radius 2 is 2.20 bits per heavy atom. The van der Waals surface area contributed by atoms with Crippen LogP contribution in [0.15, 0.2) is 41.1 Å². The number of aryl methyl sites for hydroxylation is 1. The number of aromatic nitrogens is 4. The first kappa shape index (κ1) is 16.8. The molecule has 0 spiro atoms. The van der Waals surface area contributed by atoms with E-state index in [2.05, 4.69) is 20.7 Å². The van der Waals surface area contributed by atoms with E-state index >= 15 is 0 Å². The molecule has 0 bridgehead atoms. The highest BCUT2D eigenvalue weighted by molar-refractivity contribution is 7.08. The lowest BCUT2D eigenvalue weighted by Gasteiger charge is -2.06. The molecule has 3 rings (SSSR count). The van der Waals surface area contributed by atoms with Crippen LogP contribution in [0.3, 0.4) is 0 Å². The first-order valence-corrected chi connectivity index (χ1v) is 8.37. The fraction of sp³-hybridized carbons (Fsp3) is 0.188. The SMILES string of the molecule is Cc1cccc(NC(=O)COC(=O)Cn2nnc(-c3ccsc3)n2)c1. The third-order valence-corrected chi connectivity index (χ3v) is 3.85. The van der Waals surface area contributed by atoms with Gasteiger partial charge in [-0.3, -0.25) is 4.79 Å². The second-order valence-electron chi connectivity index (χ2n) is 5.23. The van der Waals surface area contributed by atoms with Crippen molar-refractivity contribution < 1.29 is 14.3 Å². The molecule has 1 amide bonds. The molecular formula is C16H15N5O3S. The summed E-state index contributed by atoms with van der Waals surface area (Å²) in [4.78, 5) is 24.7. The van der Waals surface area contributed by atoms with Gasteiger partial charge in [0.1, 0.15) is 0 Å². The van der Waals surface area contributed by atoms with Gasteiger partial charge in [0.25, 0.3) is 5.91 Å². The highest BCUT2D eigenvalue weighted by Crippen LogP contribution is 2.16. The number of tetrazole rings is 1. The predicted octanol–water partition coefficient (Wildman–Crippen LogP) is 1.89. The average Bonchev–Trinajstić information content (AvgIpc) is 3.24. The Hall–Kier alpha value is -3.07. The minimum atomic E-state index is -0.617. The Bertz CT molecular complexity index is 876. The third-order valence-electron chi connectivity index (χ3n) is 3.17. The van der Waals surface area contributed by atoms with Crippen LogP contribution in [0.1, 0.15) is 5.56 Å². The molecule has 2 aromatic heterocycles. The standard InChI is InChI=1S/C16H15N5O3S/c1-11-3-2-4-13(7-11)17-14(22)9-24-15(23)8-21-19-16(18-20-21)12-5-6-25-10-12/h2-7,10H,8-9H2,1H3,(H,17,22). The smallest absolute Gasteiger partial charge is 0.330 e. The third kappa shape index (κ3) is 4.70. The number of nitrogens with one attached hydrogen (secondary N) is 1. The van der Waals surface area contributed by atoms with E-state index in [4.69, 9.17) is 4.74 Å². The monoisotopic (exact) mass is 357 g/mol. The number of ether oxygens (including phenoxy) is 1. The molecule has 9 heteroatoms. The maximum atomic E-state index is 11.8. The number of hydrogen-bond donors (Lipinski definition) is 1. The highest BCUT2D eigenvalue weighted by Gasteiger charge is 2.12. The number of carbonyl (C=O) groups is 2. The number of rotatable bonds is 6. The lowest BCUT2D eigenvalue weighted by Crippen LogP contribution is -2.23. The number of hydrogen-bond acceptors (Lipinski definition) is 7. The van der Waals surface area contributed by atoms with E-state index in [1.807, 2.05) is 41.9 Å². The summed E-state index contributed by atoms with van der Waals surface area (Å²) in [5.74, 6) is -0.593. The van der Waals surface area contributed by atoms with Gasteiger partial charge >= 0.3 is 5.97 Å². The fourth-order valence-corrected chi connectivity index (χ4v) is 2.68. The molecular weight excluding hydrogens is 342 g/mol. The topological polar surface area (TPSA) is 99.0 Å². The van der Waals surface area contributed by atoms with Crippen molar-refractivity contribution in [3.8, 4) is 11.4 Å². The molecule has 0 aliphatic rings. The molecule has 0 saturated carbocycles. The quantitative estimate of drug-likeness (QED) is 0.677. The molecule has 0 unspecified atom stereocenters. The zero-order chi connectivity index (χ0) is 17.6. The van der Waals surface area contributed by atoms with Gasteiger partial charge in [0.15, 0.2) is 13.2 Å². The molecule has 0 aliphatic heterocycles. The van der Waals surface area contributed by atoms with Gasteiger partial charge in [0.2, 0.25) is 5.82 Å². The first-order valence-electron chi connectivity index (χ1n) is 7.43.